The van der Waals surface area contributed by atoms with Crippen LogP contribution in [-0.4, -0.2) is 27.5 Å². The highest BCUT2D eigenvalue weighted by Gasteiger charge is 2.50. The second-order valence-corrected chi connectivity index (χ2v) is 6.87. The summed E-state index contributed by atoms with van der Waals surface area (Å²) in [7, 11) is 0. The molecule has 0 saturated carbocycles. The lowest BCUT2D eigenvalue weighted by Gasteiger charge is -2.24. The van der Waals surface area contributed by atoms with Gasteiger partial charge < -0.3 is 16.2 Å². The van der Waals surface area contributed by atoms with E-state index in [4.69, 9.17) is 5.73 Å². The largest absolute Gasteiger partial charge is 0.375 e. The molecule has 0 bridgehead atoms. The molecule has 3 rings (SSSR count). The molecule has 0 radical (unpaired) electrons. The van der Waals surface area contributed by atoms with Gasteiger partial charge >= 0.3 is 0 Å². The van der Waals surface area contributed by atoms with Gasteiger partial charge in [0.05, 0.1) is 6.07 Å². The molecule has 0 aliphatic carbocycles. The number of benzene rings is 1. The lowest BCUT2D eigenvalue weighted by atomic mass is 9.77. The zero-order chi connectivity index (χ0) is 19.6. The van der Waals surface area contributed by atoms with Crippen molar-refractivity contribution >= 4 is 23.4 Å². The molecule has 4 N–H and O–H groups in total. The van der Waals surface area contributed by atoms with Crippen LogP contribution >= 0.6 is 0 Å². The summed E-state index contributed by atoms with van der Waals surface area (Å²) >= 11 is 0. The molecule has 140 valence electrons. The number of aliphatic hydroxyl groups excluding tert-OH is 1. The summed E-state index contributed by atoms with van der Waals surface area (Å²) in [6, 6.07) is 10.8. The zero-order valence-corrected chi connectivity index (χ0v) is 15.3. The number of aliphatic hydroxyl groups is 1. The molecular weight excluding hydrogens is 344 g/mol. The first-order valence-electron chi connectivity index (χ1n) is 8.74. The Bertz CT molecular complexity index is 875. The predicted molar refractivity (Wildman–Crippen MR) is 101 cm³/mol. The van der Waals surface area contributed by atoms with Crippen molar-refractivity contribution in [3.05, 3.63) is 42.1 Å². The molecule has 1 saturated heterocycles. The Labute approximate surface area is 157 Å². The van der Waals surface area contributed by atoms with E-state index >= 15 is 0 Å². The normalized spacial score (nSPS) is 20.6. The maximum absolute atomic E-state index is 12.9. The van der Waals surface area contributed by atoms with Crippen LogP contribution < -0.4 is 16.0 Å². The molecule has 2 aromatic rings. The van der Waals surface area contributed by atoms with Crippen LogP contribution in [0.2, 0.25) is 0 Å². The molecule has 1 aromatic carbocycles. The van der Waals surface area contributed by atoms with E-state index in [0.29, 0.717) is 30.3 Å². The van der Waals surface area contributed by atoms with Gasteiger partial charge in [0.2, 0.25) is 11.9 Å². The van der Waals surface area contributed by atoms with Crippen molar-refractivity contribution in [1.29, 1.82) is 5.26 Å². The van der Waals surface area contributed by atoms with Gasteiger partial charge in [-0.05, 0) is 36.1 Å². The molecule has 0 spiro atoms. The molecule has 1 aliphatic rings. The first-order valence-corrected chi connectivity index (χ1v) is 8.74. The van der Waals surface area contributed by atoms with E-state index in [1.807, 2.05) is 13.8 Å². The van der Waals surface area contributed by atoms with Crippen LogP contribution in [0.3, 0.4) is 0 Å². The number of anilines is 3. The Hall–Kier alpha value is -3.02. The number of amides is 1. The van der Waals surface area contributed by atoms with Gasteiger partial charge in [0.25, 0.3) is 0 Å². The molecule has 8 heteroatoms. The molecule has 1 unspecified atom stereocenters. The minimum Gasteiger partial charge on any atom is -0.375 e. The third kappa shape index (κ3) is 3.47. The Balaban J connectivity index is 1.80. The highest BCUT2D eigenvalue weighted by atomic mass is 16.3. The van der Waals surface area contributed by atoms with Crippen molar-refractivity contribution in [2.24, 2.45) is 17.1 Å². The topological polar surface area (TPSA) is 128 Å². The van der Waals surface area contributed by atoms with E-state index < -0.39 is 11.6 Å². The SMILES string of the molecule is CC(C)[C@]1(C#N)CCN(c2ccnc(Nc3ccc(C(N)O)cc3)n2)C1=O. The van der Waals surface area contributed by atoms with Crippen LogP contribution in [0.4, 0.5) is 17.5 Å². The number of aromatic nitrogens is 2. The molecule has 27 heavy (non-hydrogen) atoms. The van der Waals surface area contributed by atoms with Crippen molar-refractivity contribution < 1.29 is 9.90 Å². The van der Waals surface area contributed by atoms with Gasteiger partial charge in [0, 0.05) is 18.4 Å². The fourth-order valence-corrected chi connectivity index (χ4v) is 3.18. The van der Waals surface area contributed by atoms with Crippen LogP contribution in [0.15, 0.2) is 36.5 Å². The van der Waals surface area contributed by atoms with E-state index in [2.05, 4.69) is 21.4 Å². The first kappa shape index (κ1) is 18.8. The van der Waals surface area contributed by atoms with Gasteiger partial charge in [-0.1, -0.05) is 26.0 Å². The van der Waals surface area contributed by atoms with E-state index in [0.717, 1.165) is 5.69 Å². The van der Waals surface area contributed by atoms with E-state index in [-0.39, 0.29) is 11.8 Å². The lowest BCUT2D eigenvalue weighted by Crippen LogP contribution is -2.37. The van der Waals surface area contributed by atoms with Crippen LogP contribution in [-0.2, 0) is 4.79 Å². The van der Waals surface area contributed by atoms with Gasteiger partial charge in [0.15, 0.2) is 0 Å². The third-order valence-corrected chi connectivity index (χ3v) is 4.97. The summed E-state index contributed by atoms with van der Waals surface area (Å²) in [6.45, 7) is 4.23. The third-order valence-electron chi connectivity index (χ3n) is 4.97. The molecule has 2 atom stereocenters. The van der Waals surface area contributed by atoms with Crippen molar-refractivity contribution in [2.45, 2.75) is 26.5 Å². The second kappa shape index (κ2) is 7.31. The van der Waals surface area contributed by atoms with E-state index in [1.165, 1.54) is 0 Å². The zero-order valence-electron chi connectivity index (χ0n) is 15.3. The highest BCUT2D eigenvalue weighted by Crippen LogP contribution is 2.40. The van der Waals surface area contributed by atoms with Crippen molar-refractivity contribution in [3.63, 3.8) is 0 Å². The molecule has 1 fully saturated rings. The summed E-state index contributed by atoms with van der Waals surface area (Å²) in [6.07, 6.45) is 1.02. The van der Waals surface area contributed by atoms with Gasteiger partial charge in [-0.3, -0.25) is 9.69 Å². The summed E-state index contributed by atoms with van der Waals surface area (Å²) in [4.78, 5) is 23.0. The van der Waals surface area contributed by atoms with Crippen LogP contribution in [0.1, 0.15) is 32.1 Å². The molecule has 2 heterocycles. The summed E-state index contributed by atoms with van der Waals surface area (Å²) in [5.41, 5.74) is 5.74. The number of nitrogens with one attached hydrogen (secondary N) is 1. The summed E-state index contributed by atoms with van der Waals surface area (Å²) in [5, 5.41) is 22.0. The Morgan fingerprint density at radius 3 is 2.59 bits per heavy atom. The van der Waals surface area contributed by atoms with Gasteiger partial charge in [-0.15, -0.1) is 0 Å². The van der Waals surface area contributed by atoms with Crippen LogP contribution in [0, 0.1) is 22.7 Å². The predicted octanol–water partition coefficient (Wildman–Crippen LogP) is 2.07. The summed E-state index contributed by atoms with van der Waals surface area (Å²) < 4.78 is 0. The standard InChI is InChI=1S/C19H22N6O2/c1-12(2)19(11-20)8-10-25(17(19)27)15-7-9-22-18(24-15)23-14-5-3-13(4-6-14)16(21)26/h3-7,9,12,16,26H,8,10,21H2,1-2H3,(H,22,23,24)/t16?,19-/m1/s1. The van der Waals surface area contributed by atoms with Crippen LogP contribution in [0.5, 0.6) is 0 Å². The number of nitrogens with two attached hydrogens (primary N) is 1. The number of nitrogens with zero attached hydrogens (tertiary/aromatic N) is 4. The fraction of sp³-hybridized carbons (Fsp3) is 0.368. The number of hydrogen-bond donors (Lipinski definition) is 3. The van der Waals surface area contributed by atoms with Crippen molar-refractivity contribution in [1.82, 2.24) is 9.97 Å². The Kier molecular flexibility index (Phi) is 5.08. The molecule has 1 aromatic heterocycles. The quantitative estimate of drug-likeness (QED) is 0.691. The number of nitriles is 1. The first-order chi connectivity index (χ1) is 12.9. The van der Waals surface area contributed by atoms with Gasteiger partial charge in [-0.2, -0.15) is 10.2 Å². The number of hydrogen-bond acceptors (Lipinski definition) is 7. The van der Waals surface area contributed by atoms with Crippen molar-refractivity contribution in [3.8, 4) is 6.07 Å². The number of rotatable bonds is 5. The molecule has 1 amide bonds. The minimum atomic E-state index is -1.03. The maximum atomic E-state index is 12.9. The average molecular weight is 366 g/mol. The number of carbonyl (C=O) groups is 1. The molecule has 8 nitrogen and oxygen atoms in total. The Morgan fingerprint density at radius 2 is 2.04 bits per heavy atom. The molecule has 1 aliphatic heterocycles. The Morgan fingerprint density at radius 1 is 1.33 bits per heavy atom. The fourth-order valence-electron chi connectivity index (χ4n) is 3.18. The number of carbonyl (C=O) groups excluding carboxylic acids is 1. The highest BCUT2D eigenvalue weighted by molar-refractivity contribution is 6.01. The lowest BCUT2D eigenvalue weighted by molar-refractivity contribution is -0.124. The summed E-state index contributed by atoms with van der Waals surface area (Å²) in [5.74, 6) is 0.506. The maximum Gasteiger partial charge on any atom is 0.248 e. The van der Waals surface area contributed by atoms with E-state index in [9.17, 15) is 15.2 Å². The average Bonchev–Trinajstić information content (AvgIpc) is 3.00. The monoisotopic (exact) mass is 366 g/mol. The second-order valence-electron chi connectivity index (χ2n) is 6.87. The minimum absolute atomic E-state index is 0.0733. The van der Waals surface area contributed by atoms with Crippen LogP contribution in [0.25, 0.3) is 0 Å². The van der Waals surface area contributed by atoms with Gasteiger partial charge in [-0.25, -0.2) is 4.98 Å². The smallest absolute Gasteiger partial charge is 0.248 e. The van der Waals surface area contributed by atoms with Crippen molar-refractivity contribution in [2.75, 3.05) is 16.8 Å². The van der Waals surface area contributed by atoms with Gasteiger partial charge in [0.1, 0.15) is 17.5 Å². The van der Waals surface area contributed by atoms with E-state index in [1.54, 1.807) is 41.4 Å². The molecular formula is C19H22N6O2.